The zero-order valence-electron chi connectivity index (χ0n) is 14.0. The third-order valence-corrected chi connectivity index (χ3v) is 3.95. The lowest BCUT2D eigenvalue weighted by Gasteiger charge is -2.09. The van der Waals surface area contributed by atoms with Crippen molar-refractivity contribution in [3.63, 3.8) is 0 Å². The van der Waals surface area contributed by atoms with Gasteiger partial charge in [-0.15, -0.1) is 0 Å². The average Bonchev–Trinajstić information content (AvgIpc) is 2.56. The molecule has 0 N–H and O–H groups in total. The van der Waals surface area contributed by atoms with E-state index in [4.69, 9.17) is 11.6 Å². The predicted octanol–water partition coefficient (Wildman–Crippen LogP) is 6.69. The van der Waals surface area contributed by atoms with Crippen molar-refractivity contribution in [1.29, 1.82) is 0 Å². The van der Waals surface area contributed by atoms with E-state index in [-0.39, 0.29) is 5.82 Å². The Morgan fingerprint density at radius 3 is 2.62 bits per heavy atom. The SMILES string of the molecule is C=C(C/C=C\C(Cl)=C/CC)c1cc(C)c(-c2ccc(F)cc2)cn1. The summed E-state index contributed by atoms with van der Waals surface area (Å²) in [7, 11) is 0. The quantitative estimate of drug-likeness (QED) is 0.533. The maximum atomic E-state index is 13.0. The van der Waals surface area contributed by atoms with Gasteiger partial charge in [0, 0.05) is 16.8 Å². The van der Waals surface area contributed by atoms with Crippen LogP contribution in [0.2, 0.25) is 0 Å². The topological polar surface area (TPSA) is 12.9 Å². The van der Waals surface area contributed by atoms with Gasteiger partial charge in [-0.3, -0.25) is 4.98 Å². The maximum Gasteiger partial charge on any atom is 0.123 e. The molecule has 0 aliphatic rings. The molecule has 0 unspecified atom stereocenters. The summed E-state index contributed by atoms with van der Waals surface area (Å²) >= 11 is 6.04. The Morgan fingerprint density at radius 1 is 1.29 bits per heavy atom. The van der Waals surface area contributed by atoms with Crippen LogP contribution in [0.15, 0.2) is 66.4 Å². The van der Waals surface area contributed by atoms with Gasteiger partial charge in [-0.2, -0.15) is 0 Å². The number of aryl methyl sites for hydroxylation is 1. The summed E-state index contributed by atoms with van der Waals surface area (Å²) in [6.45, 7) is 8.16. The van der Waals surface area contributed by atoms with E-state index in [9.17, 15) is 4.39 Å². The molecular weight excluding hydrogens is 321 g/mol. The predicted molar refractivity (Wildman–Crippen MR) is 101 cm³/mol. The minimum absolute atomic E-state index is 0.239. The van der Waals surface area contributed by atoms with Crippen molar-refractivity contribution < 1.29 is 4.39 Å². The van der Waals surface area contributed by atoms with Crippen LogP contribution in [-0.2, 0) is 0 Å². The van der Waals surface area contributed by atoms with Crippen LogP contribution in [0.25, 0.3) is 16.7 Å². The van der Waals surface area contributed by atoms with Crippen molar-refractivity contribution in [2.45, 2.75) is 26.7 Å². The number of hydrogen-bond donors (Lipinski definition) is 0. The fraction of sp³-hybridized carbons (Fsp3) is 0.190. The highest BCUT2D eigenvalue weighted by molar-refractivity contribution is 6.31. The van der Waals surface area contributed by atoms with Crippen molar-refractivity contribution in [2.75, 3.05) is 0 Å². The molecule has 0 atom stereocenters. The second-order valence-corrected chi connectivity index (χ2v) is 6.04. The van der Waals surface area contributed by atoms with Crippen molar-refractivity contribution >= 4 is 17.2 Å². The number of hydrogen-bond acceptors (Lipinski definition) is 1. The van der Waals surface area contributed by atoms with Crippen molar-refractivity contribution in [3.05, 3.63) is 83.4 Å². The van der Waals surface area contributed by atoms with Crippen LogP contribution in [0.4, 0.5) is 4.39 Å². The Bertz CT molecular complexity index is 773. The zero-order valence-corrected chi connectivity index (χ0v) is 14.8. The van der Waals surface area contributed by atoms with E-state index in [0.717, 1.165) is 39.4 Å². The summed E-state index contributed by atoms with van der Waals surface area (Å²) in [6.07, 6.45) is 9.25. The molecule has 0 radical (unpaired) electrons. The number of aromatic nitrogens is 1. The highest BCUT2D eigenvalue weighted by Gasteiger charge is 2.06. The number of allylic oxidation sites excluding steroid dienone is 5. The Hall–Kier alpha value is -2.19. The smallest absolute Gasteiger partial charge is 0.123 e. The maximum absolute atomic E-state index is 13.0. The monoisotopic (exact) mass is 341 g/mol. The Labute approximate surface area is 148 Å². The normalized spacial score (nSPS) is 11.9. The van der Waals surface area contributed by atoms with Gasteiger partial charge in [-0.25, -0.2) is 4.39 Å². The van der Waals surface area contributed by atoms with Gasteiger partial charge in [0.15, 0.2) is 0 Å². The molecule has 2 aromatic rings. The lowest BCUT2D eigenvalue weighted by atomic mass is 10.0. The van der Waals surface area contributed by atoms with E-state index in [1.54, 1.807) is 12.1 Å². The summed E-state index contributed by atoms with van der Waals surface area (Å²) in [4.78, 5) is 4.50. The third kappa shape index (κ3) is 4.90. The highest BCUT2D eigenvalue weighted by Crippen LogP contribution is 2.25. The molecule has 0 saturated heterocycles. The molecule has 3 heteroatoms. The van der Waals surface area contributed by atoms with Crippen LogP contribution >= 0.6 is 11.6 Å². The van der Waals surface area contributed by atoms with Crippen molar-refractivity contribution in [2.24, 2.45) is 0 Å². The third-order valence-electron chi connectivity index (χ3n) is 3.67. The minimum Gasteiger partial charge on any atom is -0.256 e. The molecule has 1 nitrogen and oxygen atoms in total. The largest absolute Gasteiger partial charge is 0.256 e. The van der Waals surface area contributed by atoms with Gasteiger partial charge in [0.25, 0.3) is 0 Å². The molecule has 124 valence electrons. The van der Waals surface area contributed by atoms with E-state index >= 15 is 0 Å². The standard InChI is InChI=1S/C21H21ClFN/c1-4-6-18(22)8-5-7-15(2)21-13-16(3)20(14-24-21)17-9-11-19(23)12-10-17/h5-6,8-14H,2,4,7H2,1,3H3/b8-5-,18-6+. The van der Waals surface area contributed by atoms with Crippen LogP contribution in [0.1, 0.15) is 31.0 Å². The van der Waals surface area contributed by atoms with Crippen LogP contribution in [-0.4, -0.2) is 4.98 Å². The van der Waals surface area contributed by atoms with Gasteiger partial charge >= 0.3 is 0 Å². The lowest BCUT2D eigenvalue weighted by molar-refractivity contribution is 0.628. The molecule has 0 fully saturated rings. The lowest BCUT2D eigenvalue weighted by Crippen LogP contribution is -1.92. The second-order valence-electron chi connectivity index (χ2n) is 5.60. The van der Waals surface area contributed by atoms with E-state index in [0.29, 0.717) is 6.42 Å². The molecule has 0 amide bonds. The van der Waals surface area contributed by atoms with Crippen LogP contribution in [0.5, 0.6) is 0 Å². The summed E-state index contributed by atoms with van der Waals surface area (Å²) in [5, 5.41) is 0.737. The van der Waals surface area contributed by atoms with Gasteiger partial charge in [0.05, 0.1) is 5.69 Å². The van der Waals surface area contributed by atoms with Crippen LogP contribution in [0, 0.1) is 12.7 Å². The van der Waals surface area contributed by atoms with E-state index < -0.39 is 0 Å². The summed E-state index contributed by atoms with van der Waals surface area (Å²) < 4.78 is 13.0. The first-order chi connectivity index (χ1) is 11.5. The van der Waals surface area contributed by atoms with Crippen LogP contribution in [0.3, 0.4) is 0 Å². The average molecular weight is 342 g/mol. The summed E-state index contributed by atoms with van der Waals surface area (Å²) in [6, 6.07) is 8.45. The second kappa shape index (κ2) is 8.60. The van der Waals surface area contributed by atoms with Crippen molar-refractivity contribution in [3.8, 4) is 11.1 Å². The van der Waals surface area contributed by atoms with Gasteiger partial charge in [0.2, 0.25) is 0 Å². The van der Waals surface area contributed by atoms with Gasteiger partial charge in [-0.1, -0.05) is 49.4 Å². The van der Waals surface area contributed by atoms with E-state index in [1.807, 2.05) is 44.3 Å². The van der Waals surface area contributed by atoms with Crippen LogP contribution < -0.4 is 0 Å². The molecule has 1 aromatic carbocycles. The highest BCUT2D eigenvalue weighted by atomic mass is 35.5. The van der Waals surface area contributed by atoms with Crippen molar-refractivity contribution in [1.82, 2.24) is 4.98 Å². The molecule has 24 heavy (non-hydrogen) atoms. The van der Waals surface area contributed by atoms with E-state index in [2.05, 4.69) is 11.6 Å². The summed E-state index contributed by atoms with van der Waals surface area (Å²) in [5.41, 5.74) is 4.83. The number of nitrogens with zero attached hydrogens (tertiary/aromatic N) is 1. The first-order valence-electron chi connectivity index (χ1n) is 7.94. The van der Waals surface area contributed by atoms with Gasteiger partial charge in [-0.05, 0) is 60.7 Å². The Balaban J connectivity index is 2.13. The number of rotatable bonds is 6. The zero-order chi connectivity index (χ0) is 17.5. The Morgan fingerprint density at radius 2 is 2.00 bits per heavy atom. The number of pyridine rings is 1. The first-order valence-corrected chi connectivity index (χ1v) is 8.32. The Kier molecular flexibility index (Phi) is 6.51. The minimum atomic E-state index is -0.239. The molecule has 2 rings (SSSR count). The molecule has 1 heterocycles. The molecule has 0 spiro atoms. The van der Waals surface area contributed by atoms with E-state index in [1.165, 1.54) is 12.1 Å². The number of benzene rings is 1. The van der Waals surface area contributed by atoms with Gasteiger partial charge in [0.1, 0.15) is 5.82 Å². The number of halogens is 2. The molecule has 1 aromatic heterocycles. The summed E-state index contributed by atoms with van der Waals surface area (Å²) in [5.74, 6) is -0.239. The fourth-order valence-corrected chi connectivity index (χ4v) is 2.61. The first kappa shape index (κ1) is 18.2. The van der Waals surface area contributed by atoms with Gasteiger partial charge < -0.3 is 0 Å². The fourth-order valence-electron chi connectivity index (χ4n) is 2.36. The molecular formula is C21H21ClFN. The molecule has 0 saturated carbocycles. The molecule has 0 bridgehead atoms. The molecule has 0 aliphatic carbocycles. The molecule has 0 aliphatic heterocycles.